The first-order chi connectivity index (χ1) is 8.06. The van der Waals surface area contributed by atoms with Gasteiger partial charge in [0.05, 0.1) is 6.10 Å². The SMILES string of the molecule is CNCC(O)c1c(O)ccc2[nH]c(C)c(C)c12. The van der Waals surface area contributed by atoms with Crippen molar-refractivity contribution in [3.05, 3.63) is 29.0 Å². The third kappa shape index (κ3) is 1.90. The van der Waals surface area contributed by atoms with Crippen molar-refractivity contribution >= 4 is 10.9 Å². The topological polar surface area (TPSA) is 68.3 Å². The molecule has 1 atom stereocenters. The van der Waals surface area contributed by atoms with E-state index in [1.165, 1.54) is 0 Å². The number of aryl methyl sites for hydroxylation is 2. The third-order valence-corrected chi connectivity index (χ3v) is 3.21. The van der Waals surface area contributed by atoms with Gasteiger partial charge in [-0.25, -0.2) is 0 Å². The van der Waals surface area contributed by atoms with E-state index in [9.17, 15) is 10.2 Å². The van der Waals surface area contributed by atoms with Gasteiger partial charge in [-0.2, -0.15) is 0 Å². The van der Waals surface area contributed by atoms with Crippen LogP contribution in [0.5, 0.6) is 5.75 Å². The van der Waals surface area contributed by atoms with Crippen LogP contribution in [0.15, 0.2) is 12.1 Å². The minimum Gasteiger partial charge on any atom is -0.508 e. The van der Waals surface area contributed by atoms with Gasteiger partial charge in [-0.15, -0.1) is 0 Å². The van der Waals surface area contributed by atoms with Gasteiger partial charge in [-0.1, -0.05) is 0 Å². The number of aliphatic hydroxyl groups is 1. The van der Waals surface area contributed by atoms with Crippen LogP contribution in [0.4, 0.5) is 0 Å². The molecule has 0 amide bonds. The summed E-state index contributed by atoms with van der Waals surface area (Å²) < 4.78 is 0. The van der Waals surface area contributed by atoms with Crippen molar-refractivity contribution < 1.29 is 10.2 Å². The molecule has 1 aromatic carbocycles. The number of phenolic OH excluding ortho intramolecular Hbond substituents is 1. The maximum atomic E-state index is 10.1. The van der Waals surface area contributed by atoms with Crippen molar-refractivity contribution in [1.29, 1.82) is 0 Å². The molecular weight excluding hydrogens is 216 g/mol. The van der Waals surface area contributed by atoms with Crippen molar-refractivity contribution in [3.8, 4) is 5.75 Å². The number of phenols is 1. The second-order valence-corrected chi connectivity index (χ2v) is 4.37. The van der Waals surface area contributed by atoms with Crippen molar-refractivity contribution in [2.75, 3.05) is 13.6 Å². The van der Waals surface area contributed by atoms with Crippen LogP contribution in [0.3, 0.4) is 0 Å². The van der Waals surface area contributed by atoms with Gasteiger partial charge in [0, 0.05) is 28.7 Å². The lowest BCUT2D eigenvalue weighted by atomic mass is 10.00. The minimum atomic E-state index is -0.711. The number of hydrogen-bond donors (Lipinski definition) is 4. The average Bonchev–Trinajstić information content (AvgIpc) is 2.56. The largest absolute Gasteiger partial charge is 0.508 e. The molecule has 4 heteroatoms. The lowest BCUT2D eigenvalue weighted by Gasteiger charge is -2.14. The Hall–Kier alpha value is -1.52. The van der Waals surface area contributed by atoms with Crippen molar-refractivity contribution in [2.45, 2.75) is 20.0 Å². The fourth-order valence-corrected chi connectivity index (χ4v) is 2.23. The second-order valence-electron chi connectivity index (χ2n) is 4.37. The van der Waals surface area contributed by atoms with E-state index in [0.717, 1.165) is 22.2 Å². The number of rotatable bonds is 3. The van der Waals surface area contributed by atoms with Crippen LogP contribution in [-0.4, -0.2) is 28.8 Å². The molecule has 4 N–H and O–H groups in total. The van der Waals surface area contributed by atoms with Gasteiger partial charge < -0.3 is 20.5 Å². The summed E-state index contributed by atoms with van der Waals surface area (Å²) in [6.07, 6.45) is -0.711. The summed E-state index contributed by atoms with van der Waals surface area (Å²) in [5.41, 5.74) is 3.67. The summed E-state index contributed by atoms with van der Waals surface area (Å²) in [4.78, 5) is 3.25. The highest BCUT2D eigenvalue weighted by atomic mass is 16.3. The van der Waals surface area contributed by atoms with Crippen LogP contribution in [-0.2, 0) is 0 Å². The second kappa shape index (κ2) is 4.39. The predicted molar refractivity (Wildman–Crippen MR) is 68.3 cm³/mol. The molecule has 1 heterocycles. The maximum Gasteiger partial charge on any atom is 0.122 e. The first kappa shape index (κ1) is 12.0. The molecule has 0 spiro atoms. The number of aromatic nitrogens is 1. The number of benzene rings is 1. The zero-order valence-corrected chi connectivity index (χ0v) is 10.3. The normalized spacial score (nSPS) is 13.2. The zero-order chi connectivity index (χ0) is 12.6. The monoisotopic (exact) mass is 234 g/mol. The summed E-state index contributed by atoms with van der Waals surface area (Å²) >= 11 is 0. The van der Waals surface area contributed by atoms with E-state index < -0.39 is 6.10 Å². The van der Waals surface area contributed by atoms with Crippen molar-refractivity contribution in [1.82, 2.24) is 10.3 Å². The van der Waals surface area contributed by atoms with E-state index in [0.29, 0.717) is 12.1 Å². The number of aromatic hydroxyl groups is 1. The van der Waals surface area contributed by atoms with Crippen LogP contribution in [0, 0.1) is 13.8 Å². The lowest BCUT2D eigenvalue weighted by molar-refractivity contribution is 0.175. The molecule has 2 aromatic rings. The summed E-state index contributed by atoms with van der Waals surface area (Å²) in [5, 5.41) is 23.9. The zero-order valence-electron chi connectivity index (χ0n) is 10.3. The fourth-order valence-electron chi connectivity index (χ4n) is 2.23. The minimum absolute atomic E-state index is 0.141. The van der Waals surface area contributed by atoms with Crippen LogP contribution in [0.1, 0.15) is 22.9 Å². The fraction of sp³-hybridized carbons (Fsp3) is 0.385. The molecule has 2 rings (SSSR count). The molecule has 0 aliphatic carbocycles. The maximum absolute atomic E-state index is 10.1. The number of nitrogens with one attached hydrogen (secondary N) is 2. The van der Waals surface area contributed by atoms with Gasteiger partial charge in [0.2, 0.25) is 0 Å². The number of fused-ring (bicyclic) bond motifs is 1. The Bertz CT molecular complexity index is 546. The van der Waals surface area contributed by atoms with Crippen molar-refractivity contribution in [3.63, 3.8) is 0 Å². The molecule has 1 unspecified atom stereocenters. The molecule has 0 saturated heterocycles. The first-order valence-electron chi connectivity index (χ1n) is 5.69. The van der Waals surface area contributed by atoms with Gasteiger partial charge in [0.25, 0.3) is 0 Å². The summed E-state index contributed by atoms with van der Waals surface area (Å²) in [7, 11) is 1.77. The van der Waals surface area contributed by atoms with Gasteiger partial charge in [-0.05, 0) is 38.6 Å². The number of aliphatic hydroxyl groups excluding tert-OH is 1. The lowest BCUT2D eigenvalue weighted by Crippen LogP contribution is -2.17. The first-order valence-corrected chi connectivity index (χ1v) is 5.69. The summed E-state index contributed by atoms with van der Waals surface area (Å²) in [5.74, 6) is 0.141. The van der Waals surface area contributed by atoms with Gasteiger partial charge in [0.15, 0.2) is 0 Å². The van der Waals surface area contributed by atoms with Gasteiger partial charge in [-0.3, -0.25) is 0 Å². The molecule has 17 heavy (non-hydrogen) atoms. The third-order valence-electron chi connectivity index (χ3n) is 3.21. The Labute approximate surface area is 100 Å². The Kier molecular flexibility index (Phi) is 3.09. The van der Waals surface area contributed by atoms with Gasteiger partial charge in [0.1, 0.15) is 5.75 Å². The van der Waals surface area contributed by atoms with E-state index in [1.54, 1.807) is 13.1 Å². The summed E-state index contributed by atoms with van der Waals surface area (Å²) in [6, 6.07) is 3.45. The highest BCUT2D eigenvalue weighted by Gasteiger charge is 2.18. The number of aromatic amines is 1. The number of hydrogen-bond acceptors (Lipinski definition) is 3. The van der Waals surface area contributed by atoms with E-state index in [1.807, 2.05) is 19.9 Å². The van der Waals surface area contributed by atoms with E-state index in [4.69, 9.17) is 0 Å². The molecule has 1 aromatic heterocycles. The Morgan fingerprint density at radius 1 is 1.35 bits per heavy atom. The van der Waals surface area contributed by atoms with Crippen LogP contribution in [0.25, 0.3) is 10.9 Å². The standard InChI is InChI=1S/C13H18N2O2/c1-7-8(2)15-9-4-5-10(16)13(12(7)9)11(17)6-14-3/h4-5,11,14-17H,6H2,1-3H3. The Morgan fingerprint density at radius 3 is 2.71 bits per heavy atom. The highest BCUT2D eigenvalue weighted by molar-refractivity contribution is 5.90. The molecule has 0 fully saturated rings. The predicted octanol–water partition coefficient (Wildman–Crippen LogP) is 1.74. The van der Waals surface area contributed by atoms with E-state index in [-0.39, 0.29) is 5.75 Å². The van der Waals surface area contributed by atoms with E-state index >= 15 is 0 Å². The quantitative estimate of drug-likeness (QED) is 0.654. The molecular formula is C13H18N2O2. The average molecular weight is 234 g/mol. The molecule has 0 bridgehead atoms. The molecule has 92 valence electrons. The smallest absolute Gasteiger partial charge is 0.122 e. The van der Waals surface area contributed by atoms with Crippen LogP contribution in [0.2, 0.25) is 0 Å². The molecule has 0 aliphatic rings. The number of likely N-dealkylation sites (N-methyl/N-ethyl adjacent to an activating group) is 1. The molecule has 0 saturated carbocycles. The molecule has 4 nitrogen and oxygen atoms in total. The molecule has 0 aliphatic heterocycles. The van der Waals surface area contributed by atoms with Crippen LogP contribution < -0.4 is 5.32 Å². The Balaban J connectivity index is 2.70. The number of H-pyrrole nitrogens is 1. The highest BCUT2D eigenvalue weighted by Crippen LogP contribution is 2.35. The molecule has 0 radical (unpaired) electrons. The Morgan fingerprint density at radius 2 is 2.06 bits per heavy atom. The summed E-state index contributed by atoms with van der Waals surface area (Å²) in [6.45, 7) is 4.39. The van der Waals surface area contributed by atoms with E-state index in [2.05, 4.69) is 10.3 Å². The van der Waals surface area contributed by atoms with Crippen molar-refractivity contribution in [2.24, 2.45) is 0 Å². The van der Waals surface area contributed by atoms with Gasteiger partial charge >= 0.3 is 0 Å². The van der Waals surface area contributed by atoms with Crippen LogP contribution >= 0.6 is 0 Å².